The zero-order chi connectivity index (χ0) is 14.4. The molecule has 0 aromatic heterocycles. The lowest BCUT2D eigenvalue weighted by Crippen LogP contribution is -2.20. The van der Waals surface area contributed by atoms with Gasteiger partial charge in [-0.2, -0.15) is 0 Å². The van der Waals surface area contributed by atoms with Crippen molar-refractivity contribution in [2.24, 2.45) is 0 Å². The number of amides is 1. The molecule has 1 N–H and O–H groups in total. The van der Waals surface area contributed by atoms with Gasteiger partial charge in [0, 0.05) is 5.02 Å². The first-order valence-corrected chi connectivity index (χ1v) is 7.19. The van der Waals surface area contributed by atoms with Crippen LogP contribution in [0.4, 0.5) is 5.69 Å². The molecule has 4 nitrogen and oxygen atoms in total. The molecule has 0 saturated carbocycles. The van der Waals surface area contributed by atoms with E-state index in [1.165, 1.54) is 18.9 Å². The summed E-state index contributed by atoms with van der Waals surface area (Å²) in [7, 11) is 1.31. The van der Waals surface area contributed by atoms with E-state index < -0.39 is 5.25 Å². The molecular weight excluding hydrogens is 309 g/mol. The van der Waals surface area contributed by atoms with Gasteiger partial charge in [-0.1, -0.05) is 23.2 Å². The normalized spacial score (nSPS) is 11.8. The van der Waals surface area contributed by atoms with E-state index in [1.54, 1.807) is 25.1 Å². The maximum absolute atomic E-state index is 11.7. The average Bonchev–Trinajstić information content (AvgIpc) is 2.38. The summed E-state index contributed by atoms with van der Waals surface area (Å²) in [5, 5.41) is 3.12. The SMILES string of the molecule is COC(=O)C(C)SCC(=O)Nc1ccc(Cl)cc1Cl. The van der Waals surface area contributed by atoms with Crippen LogP contribution in [0.1, 0.15) is 6.92 Å². The molecule has 104 valence electrons. The van der Waals surface area contributed by atoms with E-state index in [4.69, 9.17) is 23.2 Å². The van der Waals surface area contributed by atoms with Crippen molar-refractivity contribution in [1.82, 2.24) is 0 Å². The Bertz CT molecular complexity index is 482. The van der Waals surface area contributed by atoms with Crippen LogP contribution in [0.5, 0.6) is 0 Å². The van der Waals surface area contributed by atoms with Crippen molar-refractivity contribution in [3.8, 4) is 0 Å². The summed E-state index contributed by atoms with van der Waals surface area (Å²) < 4.78 is 4.57. The minimum absolute atomic E-state index is 0.134. The predicted octanol–water partition coefficient (Wildman–Crippen LogP) is 3.23. The average molecular weight is 322 g/mol. The van der Waals surface area contributed by atoms with Crippen molar-refractivity contribution in [2.45, 2.75) is 12.2 Å². The first-order valence-electron chi connectivity index (χ1n) is 5.38. The number of methoxy groups -OCH3 is 1. The smallest absolute Gasteiger partial charge is 0.318 e. The van der Waals surface area contributed by atoms with Crippen LogP contribution >= 0.6 is 35.0 Å². The Morgan fingerprint density at radius 1 is 1.42 bits per heavy atom. The molecule has 7 heteroatoms. The number of carbonyl (C=O) groups is 2. The van der Waals surface area contributed by atoms with Gasteiger partial charge in [-0.3, -0.25) is 9.59 Å². The van der Waals surface area contributed by atoms with Crippen LogP contribution in [-0.4, -0.2) is 30.0 Å². The van der Waals surface area contributed by atoms with Crippen molar-refractivity contribution in [3.63, 3.8) is 0 Å². The molecule has 0 aliphatic rings. The molecule has 1 amide bonds. The van der Waals surface area contributed by atoms with E-state index in [0.717, 1.165) is 0 Å². The van der Waals surface area contributed by atoms with Crippen LogP contribution in [0.15, 0.2) is 18.2 Å². The number of rotatable bonds is 5. The number of carbonyl (C=O) groups excluding carboxylic acids is 2. The number of anilines is 1. The largest absolute Gasteiger partial charge is 0.468 e. The second kappa shape index (κ2) is 7.62. The Labute approximate surface area is 125 Å². The predicted molar refractivity (Wildman–Crippen MR) is 79.0 cm³/mol. The molecule has 1 aromatic rings. The summed E-state index contributed by atoms with van der Waals surface area (Å²) in [5.74, 6) is -0.470. The fourth-order valence-corrected chi connectivity index (χ4v) is 2.37. The number of benzene rings is 1. The molecule has 1 aromatic carbocycles. The van der Waals surface area contributed by atoms with Crippen LogP contribution in [0.25, 0.3) is 0 Å². The van der Waals surface area contributed by atoms with E-state index in [-0.39, 0.29) is 17.6 Å². The summed E-state index contributed by atoms with van der Waals surface area (Å²) in [6, 6.07) is 4.80. The molecule has 1 atom stereocenters. The molecule has 0 heterocycles. The lowest BCUT2D eigenvalue weighted by Gasteiger charge is -2.10. The highest BCUT2D eigenvalue weighted by Gasteiger charge is 2.15. The van der Waals surface area contributed by atoms with Gasteiger partial charge in [-0.25, -0.2) is 0 Å². The molecule has 0 aliphatic heterocycles. The maximum atomic E-state index is 11.7. The second-order valence-corrected chi connectivity index (χ2v) is 5.82. The number of ether oxygens (including phenoxy) is 1. The molecule has 19 heavy (non-hydrogen) atoms. The molecule has 0 fully saturated rings. The number of esters is 1. The van der Waals surface area contributed by atoms with Gasteiger partial charge in [-0.05, 0) is 25.1 Å². The van der Waals surface area contributed by atoms with E-state index in [0.29, 0.717) is 15.7 Å². The molecule has 1 unspecified atom stereocenters. The second-order valence-electron chi connectivity index (χ2n) is 3.65. The van der Waals surface area contributed by atoms with Crippen molar-refractivity contribution >= 4 is 52.5 Å². The summed E-state index contributed by atoms with van der Waals surface area (Å²) >= 11 is 12.9. The zero-order valence-electron chi connectivity index (χ0n) is 10.4. The van der Waals surface area contributed by atoms with Gasteiger partial charge >= 0.3 is 5.97 Å². The van der Waals surface area contributed by atoms with Gasteiger partial charge < -0.3 is 10.1 Å². The summed E-state index contributed by atoms with van der Waals surface area (Å²) in [5.41, 5.74) is 0.488. The standard InChI is InChI=1S/C12H13Cl2NO3S/c1-7(12(17)18-2)19-6-11(16)15-10-4-3-8(13)5-9(10)14/h3-5,7H,6H2,1-2H3,(H,15,16). The first kappa shape index (κ1) is 16.1. The van der Waals surface area contributed by atoms with Crippen LogP contribution in [0.2, 0.25) is 10.0 Å². The van der Waals surface area contributed by atoms with Gasteiger partial charge in [0.1, 0.15) is 5.25 Å². The Morgan fingerprint density at radius 2 is 2.11 bits per heavy atom. The fraction of sp³-hybridized carbons (Fsp3) is 0.333. The molecule has 0 saturated heterocycles. The van der Waals surface area contributed by atoms with Gasteiger partial charge in [0.2, 0.25) is 5.91 Å². The van der Waals surface area contributed by atoms with E-state index >= 15 is 0 Å². The van der Waals surface area contributed by atoms with Gasteiger partial charge in [0.25, 0.3) is 0 Å². The summed E-state index contributed by atoms with van der Waals surface area (Å²) in [6.45, 7) is 1.68. The fourth-order valence-electron chi connectivity index (χ4n) is 1.21. The van der Waals surface area contributed by atoms with Gasteiger partial charge in [0.05, 0.1) is 23.6 Å². The Kier molecular flexibility index (Phi) is 6.48. The lowest BCUT2D eigenvalue weighted by atomic mass is 10.3. The number of nitrogens with one attached hydrogen (secondary N) is 1. The third-order valence-electron chi connectivity index (χ3n) is 2.20. The molecule has 0 spiro atoms. The van der Waals surface area contributed by atoms with Gasteiger partial charge in [-0.15, -0.1) is 11.8 Å². The van der Waals surface area contributed by atoms with E-state index in [9.17, 15) is 9.59 Å². The van der Waals surface area contributed by atoms with Crippen molar-refractivity contribution < 1.29 is 14.3 Å². The van der Waals surface area contributed by atoms with Crippen LogP contribution in [0.3, 0.4) is 0 Å². The third-order valence-corrected chi connectivity index (χ3v) is 3.87. The number of halogens is 2. The quantitative estimate of drug-likeness (QED) is 0.846. The van der Waals surface area contributed by atoms with Crippen molar-refractivity contribution in [3.05, 3.63) is 28.2 Å². The third kappa shape index (κ3) is 5.30. The van der Waals surface area contributed by atoms with E-state index in [1.807, 2.05) is 0 Å². The minimum atomic E-state index is -0.392. The molecule has 0 radical (unpaired) electrons. The molecular formula is C12H13Cl2NO3S. The van der Waals surface area contributed by atoms with Crippen molar-refractivity contribution in [1.29, 1.82) is 0 Å². The number of thioether (sulfide) groups is 1. The Balaban J connectivity index is 2.49. The highest BCUT2D eigenvalue weighted by atomic mass is 35.5. The van der Waals surface area contributed by atoms with Crippen LogP contribution < -0.4 is 5.32 Å². The Hall–Kier alpha value is -0.910. The zero-order valence-corrected chi connectivity index (χ0v) is 12.7. The molecule has 0 aliphatic carbocycles. The number of hydrogen-bond donors (Lipinski definition) is 1. The van der Waals surface area contributed by atoms with Gasteiger partial charge in [0.15, 0.2) is 0 Å². The van der Waals surface area contributed by atoms with E-state index in [2.05, 4.69) is 10.1 Å². The van der Waals surface area contributed by atoms with Crippen LogP contribution in [-0.2, 0) is 14.3 Å². The first-order chi connectivity index (χ1) is 8.93. The van der Waals surface area contributed by atoms with Crippen molar-refractivity contribution in [2.75, 3.05) is 18.2 Å². The van der Waals surface area contributed by atoms with Crippen LogP contribution in [0, 0.1) is 0 Å². The number of hydrogen-bond acceptors (Lipinski definition) is 4. The molecule has 0 bridgehead atoms. The Morgan fingerprint density at radius 3 is 2.68 bits per heavy atom. The summed E-state index contributed by atoms with van der Waals surface area (Å²) in [4.78, 5) is 22.9. The molecule has 1 rings (SSSR count). The highest BCUT2D eigenvalue weighted by Crippen LogP contribution is 2.25. The maximum Gasteiger partial charge on any atom is 0.318 e. The highest BCUT2D eigenvalue weighted by molar-refractivity contribution is 8.01. The topological polar surface area (TPSA) is 55.4 Å². The minimum Gasteiger partial charge on any atom is -0.468 e. The lowest BCUT2D eigenvalue weighted by molar-refractivity contribution is -0.139. The monoisotopic (exact) mass is 321 g/mol. The summed E-state index contributed by atoms with van der Waals surface area (Å²) in [6.07, 6.45) is 0.